The van der Waals surface area contributed by atoms with Crippen molar-refractivity contribution in [3.63, 3.8) is 0 Å². The molecule has 92 valence electrons. The van der Waals surface area contributed by atoms with Crippen molar-refractivity contribution in [3.05, 3.63) is 36.4 Å². The Labute approximate surface area is 102 Å². The second kappa shape index (κ2) is 3.86. The summed E-state index contributed by atoms with van der Waals surface area (Å²) in [7, 11) is 1.82. The molecule has 0 aliphatic carbocycles. The van der Waals surface area contributed by atoms with Crippen LogP contribution in [0.5, 0.6) is 0 Å². The molecule has 1 aliphatic heterocycles. The van der Waals surface area contributed by atoms with Gasteiger partial charge >= 0.3 is 0 Å². The van der Waals surface area contributed by atoms with Crippen molar-refractivity contribution in [2.45, 2.75) is 0 Å². The monoisotopic (exact) mass is 249 g/mol. The summed E-state index contributed by atoms with van der Waals surface area (Å²) >= 11 is 0. The summed E-state index contributed by atoms with van der Waals surface area (Å²) in [6, 6.07) is 2.46. The highest BCUT2D eigenvalue weighted by Crippen LogP contribution is 2.36. The average molecular weight is 249 g/mol. The quantitative estimate of drug-likeness (QED) is 0.720. The first-order valence-corrected chi connectivity index (χ1v) is 5.28. The Morgan fingerprint density at radius 1 is 1.11 bits per heavy atom. The van der Waals surface area contributed by atoms with E-state index in [9.17, 15) is 8.78 Å². The van der Waals surface area contributed by atoms with Gasteiger partial charge in [-0.05, 0) is 12.1 Å². The van der Waals surface area contributed by atoms with Crippen molar-refractivity contribution in [2.24, 2.45) is 0 Å². The molecule has 0 amide bonds. The molecular formula is C11H9F2N5. The highest BCUT2D eigenvalue weighted by atomic mass is 19.1. The molecule has 3 rings (SSSR count). The van der Waals surface area contributed by atoms with Crippen molar-refractivity contribution in [3.8, 4) is 0 Å². The van der Waals surface area contributed by atoms with Gasteiger partial charge in [0.05, 0.1) is 6.67 Å². The molecule has 0 spiro atoms. The van der Waals surface area contributed by atoms with Crippen molar-refractivity contribution in [2.75, 3.05) is 23.5 Å². The number of hydrogen-bond donors (Lipinski definition) is 0. The van der Waals surface area contributed by atoms with Crippen molar-refractivity contribution in [1.82, 2.24) is 15.0 Å². The van der Waals surface area contributed by atoms with Crippen LogP contribution in [0.25, 0.3) is 0 Å². The van der Waals surface area contributed by atoms with E-state index in [1.165, 1.54) is 12.3 Å². The van der Waals surface area contributed by atoms with Crippen LogP contribution in [0.15, 0.2) is 24.5 Å². The average Bonchev–Trinajstić information content (AvgIpc) is 2.68. The van der Waals surface area contributed by atoms with Gasteiger partial charge in [0.1, 0.15) is 5.69 Å². The molecule has 0 bridgehead atoms. The molecule has 0 saturated heterocycles. The molecule has 0 fully saturated rings. The SMILES string of the molecule is CN1CN(c2ccc(F)nc2F)c2nccnc21. The Balaban J connectivity index is 2.09. The zero-order chi connectivity index (χ0) is 12.7. The summed E-state index contributed by atoms with van der Waals surface area (Å²) < 4.78 is 26.5. The van der Waals surface area contributed by atoms with Gasteiger partial charge in [0, 0.05) is 19.4 Å². The number of anilines is 3. The number of rotatable bonds is 1. The molecule has 1 aliphatic rings. The van der Waals surface area contributed by atoms with Crippen molar-refractivity contribution in [1.29, 1.82) is 0 Å². The van der Waals surface area contributed by atoms with Gasteiger partial charge in [0.15, 0.2) is 11.6 Å². The normalized spacial score (nSPS) is 13.9. The Morgan fingerprint density at radius 2 is 1.83 bits per heavy atom. The third kappa shape index (κ3) is 1.55. The Bertz CT molecular complexity index is 604. The van der Waals surface area contributed by atoms with E-state index in [1.807, 2.05) is 11.9 Å². The predicted octanol–water partition coefficient (Wildman–Crippen LogP) is 1.70. The van der Waals surface area contributed by atoms with Crippen LogP contribution in [0, 0.1) is 11.9 Å². The predicted molar refractivity (Wildman–Crippen MR) is 61.6 cm³/mol. The maximum atomic E-state index is 13.7. The minimum atomic E-state index is -0.859. The van der Waals surface area contributed by atoms with E-state index < -0.39 is 11.9 Å². The van der Waals surface area contributed by atoms with Gasteiger partial charge in [0.25, 0.3) is 0 Å². The second-order valence-electron chi connectivity index (χ2n) is 3.91. The highest BCUT2D eigenvalue weighted by molar-refractivity contribution is 5.75. The van der Waals surface area contributed by atoms with Gasteiger partial charge < -0.3 is 9.80 Å². The fourth-order valence-corrected chi connectivity index (χ4v) is 1.93. The Hall–Kier alpha value is -2.31. The highest BCUT2D eigenvalue weighted by Gasteiger charge is 2.29. The van der Waals surface area contributed by atoms with Crippen LogP contribution >= 0.6 is 0 Å². The minimum Gasteiger partial charge on any atom is -0.338 e. The number of pyridine rings is 1. The van der Waals surface area contributed by atoms with Crippen LogP contribution in [0.1, 0.15) is 0 Å². The lowest BCUT2D eigenvalue weighted by atomic mass is 10.3. The van der Waals surface area contributed by atoms with Gasteiger partial charge in [0.2, 0.25) is 11.9 Å². The first kappa shape index (κ1) is 10.8. The summed E-state index contributed by atoms with van der Waals surface area (Å²) in [5.74, 6) is -0.515. The Kier molecular flexibility index (Phi) is 2.32. The van der Waals surface area contributed by atoms with E-state index in [2.05, 4.69) is 15.0 Å². The molecule has 2 aromatic rings. The van der Waals surface area contributed by atoms with E-state index in [-0.39, 0.29) is 5.69 Å². The van der Waals surface area contributed by atoms with Gasteiger partial charge in [-0.25, -0.2) is 9.97 Å². The summed E-state index contributed by atoms with van der Waals surface area (Å²) in [6.07, 6.45) is 3.10. The number of fused-ring (bicyclic) bond motifs is 1. The molecule has 0 atom stereocenters. The molecule has 0 N–H and O–H groups in total. The molecule has 7 heteroatoms. The molecule has 2 aromatic heterocycles. The molecule has 0 aromatic carbocycles. The molecular weight excluding hydrogens is 240 g/mol. The van der Waals surface area contributed by atoms with Crippen molar-refractivity contribution < 1.29 is 8.78 Å². The van der Waals surface area contributed by atoms with Crippen LogP contribution in [0.2, 0.25) is 0 Å². The van der Waals surface area contributed by atoms with E-state index in [0.717, 1.165) is 6.07 Å². The molecule has 3 heterocycles. The number of nitrogens with zero attached hydrogens (tertiary/aromatic N) is 5. The number of hydrogen-bond acceptors (Lipinski definition) is 5. The molecule has 0 unspecified atom stereocenters. The lowest BCUT2D eigenvalue weighted by Gasteiger charge is -2.17. The van der Waals surface area contributed by atoms with Gasteiger partial charge in [-0.1, -0.05) is 0 Å². The summed E-state index contributed by atoms with van der Waals surface area (Å²) in [5, 5.41) is 0. The lowest BCUT2D eigenvalue weighted by molar-refractivity contribution is 0.512. The molecule has 18 heavy (non-hydrogen) atoms. The van der Waals surface area contributed by atoms with Crippen LogP contribution < -0.4 is 9.80 Å². The van der Waals surface area contributed by atoms with E-state index in [4.69, 9.17) is 0 Å². The van der Waals surface area contributed by atoms with Gasteiger partial charge in [-0.15, -0.1) is 0 Å². The molecule has 0 radical (unpaired) electrons. The Morgan fingerprint density at radius 3 is 2.56 bits per heavy atom. The smallest absolute Gasteiger partial charge is 0.239 e. The van der Waals surface area contributed by atoms with Crippen LogP contribution in [0.3, 0.4) is 0 Å². The lowest BCUT2D eigenvalue weighted by Crippen LogP contribution is -2.25. The second-order valence-corrected chi connectivity index (χ2v) is 3.91. The minimum absolute atomic E-state index is 0.183. The first-order valence-electron chi connectivity index (χ1n) is 5.28. The zero-order valence-corrected chi connectivity index (χ0v) is 9.51. The molecule has 0 saturated carbocycles. The third-order valence-corrected chi connectivity index (χ3v) is 2.72. The third-order valence-electron chi connectivity index (χ3n) is 2.72. The fraction of sp³-hybridized carbons (Fsp3) is 0.182. The van der Waals surface area contributed by atoms with E-state index in [0.29, 0.717) is 18.3 Å². The largest absolute Gasteiger partial charge is 0.338 e. The van der Waals surface area contributed by atoms with Crippen LogP contribution in [-0.4, -0.2) is 28.7 Å². The van der Waals surface area contributed by atoms with Gasteiger partial charge in [-0.3, -0.25) is 0 Å². The fourth-order valence-electron chi connectivity index (χ4n) is 1.93. The van der Waals surface area contributed by atoms with Crippen molar-refractivity contribution >= 4 is 17.3 Å². The summed E-state index contributed by atoms with van der Waals surface area (Å²) in [6.45, 7) is 0.392. The number of halogens is 2. The van der Waals surface area contributed by atoms with E-state index in [1.54, 1.807) is 11.1 Å². The van der Waals surface area contributed by atoms with E-state index >= 15 is 0 Å². The van der Waals surface area contributed by atoms with Crippen LogP contribution in [0.4, 0.5) is 26.1 Å². The zero-order valence-electron chi connectivity index (χ0n) is 9.51. The maximum absolute atomic E-state index is 13.7. The molecule has 5 nitrogen and oxygen atoms in total. The summed E-state index contributed by atoms with van der Waals surface area (Å²) in [5.41, 5.74) is 0.183. The standard InChI is InChI=1S/C11H9F2N5/c1-17-6-18(11-10(17)14-4-5-15-11)7-2-3-8(12)16-9(7)13/h2-5H,6H2,1H3. The number of aromatic nitrogens is 3. The topological polar surface area (TPSA) is 45.2 Å². The van der Waals surface area contributed by atoms with Crippen LogP contribution in [-0.2, 0) is 0 Å². The maximum Gasteiger partial charge on any atom is 0.239 e. The van der Waals surface area contributed by atoms with Gasteiger partial charge in [-0.2, -0.15) is 13.8 Å². The first-order chi connectivity index (χ1) is 8.66. The summed E-state index contributed by atoms with van der Waals surface area (Å²) in [4.78, 5) is 14.9.